The quantitative estimate of drug-likeness (QED) is 0.624. The number of ether oxygens (including phenoxy) is 1. The van der Waals surface area contributed by atoms with Gasteiger partial charge in [-0.25, -0.2) is 4.79 Å². The van der Waals surface area contributed by atoms with Gasteiger partial charge in [0.25, 0.3) is 0 Å². The van der Waals surface area contributed by atoms with Crippen LogP contribution in [0.4, 0.5) is 13.2 Å². The van der Waals surface area contributed by atoms with Gasteiger partial charge >= 0.3 is 12.1 Å². The lowest BCUT2D eigenvalue weighted by Gasteiger charge is -2.29. The van der Waals surface area contributed by atoms with Crippen molar-refractivity contribution in [3.05, 3.63) is 11.8 Å². The molecular formula is C15H22F3NO3. The Morgan fingerprint density at radius 3 is 2.23 bits per heavy atom. The van der Waals surface area contributed by atoms with Gasteiger partial charge in [-0.15, -0.1) is 0 Å². The number of allylic oxidation sites excluding steroid dienone is 1. The van der Waals surface area contributed by atoms with Crippen LogP contribution < -0.4 is 5.32 Å². The molecule has 1 N–H and O–H groups in total. The van der Waals surface area contributed by atoms with E-state index in [1.165, 1.54) is 6.08 Å². The van der Waals surface area contributed by atoms with Crippen LogP contribution >= 0.6 is 0 Å². The standard InChI is InChI=1S/C15H22F3NO3/c1-3-12(9-13(20)22-4-2)19-14(21)10-5-7-11(8-6-10)15(16,17)18/h9-11H,3-8H2,1-2H3,(H,19,21)/b12-9-. The Morgan fingerprint density at radius 2 is 1.77 bits per heavy atom. The molecule has 1 rings (SSSR count). The first-order valence-corrected chi connectivity index (χ1v) is 7.52. The van der Waals surface area contributed by atoms with E-state index in [-0.39, 0.29) is 38.2 Å². The van der Waals surface area contributed by atoms with Crippen molar-refractivity contribution in [3.63, 3.8) is 0 Å². The number of esters is 1. The Bertz CT molecular complexity index is 424. The molecule has 0 heterocycles. The molecule has 4 nitrogen and oxygen atoms in total. The molecule has 1 amide bonds. The SMILES string of the molecule is CCOC(=O)/C=C(/CC)NC(=O)C1CCC(C(F)(F)F)CC1. The predicted octanol–water partition coefficient (Wildman–Crippen LogP) is 3.33. The lowest BCUT2D eigenvalue weighted by molar-refractivity contribution is -0.184. The summed E-state index contributed by atoms with van der Waals surface area (Å²) in [6.45, 7) is 3.68. The second-order valence-electron chi connectivity index (χ2n) is 5.35. The highest BCUT2D eigenvalue weighted by molar-refractivity contribution is 5.85. The Kier molecular flexibility index (Phi) is 6.90. The zero-order valence-corrected chi connectivity index (χ0v) is 12.8. The van der Waals surface area contributed by atoms with Gasteiger partial charge in [-0.2, -0.15) is 13.2 Å². The Balaban J connectivity index is 2.53. The molecule has 0 bridgehead atoms. The molecule has 0 spiro atoms. The summed E-state index contributed by atoms with van der Waals surface area (Å²) in [5, 5.41) is 2.62. The third kappa shape index (κ3) is 5.69. The van der Waals surface area contributed by atoms with Crippen LogP contribution in [-0.2, 0) is 14.3 Å². The van der Waals surface area contributed by atoms with Crippen molar-refractivity contribution in [1.29, 1.82) is 0 Å². The Hall–Kier alpha value is -1.53. The highest BCUT2D eigenvalue weighted by atomic mass is 19.4. The van der Waals surface area contributed by atoms with Crippen LogP contribution in [0.15, 0.2) is 11.8 Å². The fraction of sp³-hybridized carbons (Fsp3) is 0.733. The topological polar surface area (TPSA) is 55.4 Å². The summed E-state index contributed by atoms with van der Waals surface area (Å²) in [6, 6.07) is 0. The van der Waals surface area contributed by atoms with Crippen molar-refractivity contribution in [3.8, 4) is 0 Å². The molecule has 0 unspecified atom stereocenters. The van der Waals surface area contributed by atoms with E-state index in [4.69, 9.17) is 4.74 Å². The predicted molar refractivity (Wildman–Crippen MR) is 74.7 cm³/mol. The van der Waals surface area contributed by atoms with E-state index in [1.54, 1.807) is 13.8 Å². The highest BCUT2D eigenvalue weighted by Gasteiger charge is 2.42. The monoisotopic (exact) mass is 321 g/mol. The smallest absolute Gasteiger partial charge is 0.391 e. The maximum atomic E-state index is 12.6. The van der Waals surface area contributed by atoms with Crippen LogP contribution in [0.2, 0.25) is 0 Å². The van der Waals surface area contributed by atoms with E-state index in [1.807, 2.05) is 0 Å². The second kappa shape index (κ2) is 8.19. The van der Waals surface area contributed by atoms with Gasteiger partial charge in [0.05, 0.1) is 12.5 Å². The molecule has 7 heteroatoms. The van der Waals surface area contributed by atoms with Crippen molar-refractivity contribution >= 4 is 11.9 Å². The number of alkyl halides is 3. The first kappa shape index (κ1) is 18.5. The number of halogens is 3. The summed E-state index contributed by atoms with van der Waals surface area (Å²) in [5.41, 5.74) is 0.418. The lowest BCUT2D eigenvalue weighted by atomic mass is 9.81. The minimum Gasteiger partial charge on any atom is -0.463 e. The van der Waals surface area contributed by atoms with Gasteiger partial charge in [-0.05, 0) is 39.0 Å². The normalized spacial score (nSPS) is 23.0. The summed E-state index contributed by atoms with van der Waals surface area (Å²) in [6.07, 6.45) is -2.15. The number of hydrogen-bond donors (Lipinski definition) is 1. The Labute approximate surface area is 128 Å². The van der Waals surface area contributed by atoms with Crippen LogP contribution in [0, 0.1) is 11.8 Å². The molecule has 0 aromatic heterocycles. The number of rotatable bonds is 5. The average Bonchev–Trinajstić information content (AvgIpc) is 2.46. The fourth-order valence-electron chi connectivity index (χ4n) is 2.50. The highest BCUT2D eigenvalue weighted by Crippen LogP contribution is 2.39. The molecule has 1 aliphatic rings. The van der Waals surface area contributed by atoms with E-state index in [0.717, 1.165) is 0 Å². The van der Waals surface area contributed by atoms with E-state index in [2.05, 4.69) is 5.32 Å². The van der Waals surface area contributed by atoms with Crippen molar-refractivity contribution in [2.24, 2.45) is 11.8 Å². The first-order valence-electron chi connectivity index (χ1n) is 7.52. The number of amides is 1. The Morgan fingerprint density at radius 1 is 1.18 bits per heavy atom. The van der Waals surface area contributed by atoms with Gasteiger partial charge < -0.3 is 10.1 Å². The van der Waals surface area contributed by atoms with E-state index in [9.17, 15) is 22.8 Å². The van der Waals surface area contributed by atoms with Crippen LogP contribution in [-0.4, -0.2) is 24.7 Å². The maximum Gasteiger partial charge on any atom is 0.391 e. The van der Waals surface area contributed by atoms with Gasteiger partial charge in [0, 0.05) is 17.7 Å². The van der Waals surface area contributed by atoms with E-state index < -0.39 is 24.0 Å². The van der Waals surface area contributed by atoms with Gasteiger partial charge in [0.2, 0.25) is 5.91 Å². The summed E-state index contributed by atoms with van der Waals surface area (Å²) in [7, 11) is 0. The number of carbonyl (C=O) groups is 2. The summed E-state index contributed by atoms with van der Waals surface area (Å²) >= 11 is 0. The van der Waals surface area contributed by atoms with Crippen LogP contribution in [0.25, 0.3) is 0 Å². The number of nitrogens with one attached hydrogen (secondary N) is 1. The zero-order chi connectivity index (χ0) is 16.8. The lowest BCUT2D eigenvalue weighted by Crippen LogP contribution is -2.35. The third-order valence-corrected chi connectivity index (χ3v) is 3.80. The molecule has 0 aromatic carbocycles. The number of hydrogen-bond acceptors (Lipinski definition) is 3. The van der Waals surface area contributed by atoms with Crippen molar-refractivity contribution < 1.29 is 27.5 Å². The largest absolute Gasteiger partial charge is 0.463 e. The average molecular weight is 321 g/mol. The number of carbonyl (C=O) groups excluding carboxylic acids is 2. The van der Waals surface area contributed by atoms with Crippen LogP contribution in [0.3, 0.4) is 0 Å². The molecular weight excluding hydrogens is 299 g/mol. The van der Waals surface area contributed by atoms with Gasteiger partial charge in [0.15, 0.2) is 0 Å². The van der Waals surface area contributed by atoms with Crippen molar-refractivity contribution in [2.45, 2.75) is 52.1 Å². The van der Waals surface area contributed by atoms with Gasteiger partial charge in [0.1, 0.15) is 0 Å². The van der Waals surface area contributed by atoms with Crippen molar-refractivity contribution in [1.82, 2.24) is 5.32 Å². The van der Waals surface area contributed by atoms with Gasteiger partial charge in [-0.3, -0.25) is 4.79 Å². The molecule has 1 saturated carbocycles. The zero-order valence-electron chi connectivity index (χ0n) is 12.8. The summed E-state index contributed by atoms with van der Waals surface area (Å²) in [4.78, 5) is 23.4. The minimum absolute atomic E-state index is 0.0232. The fourth-order valence-corrected chi connectivity index (χ4v) is 2.50. The molecule has 1 fully saturated rings. The molecule has 0 atom stereocenters. The molecule has 0 radical (unpaired) electrons. The summed E-state index contributed by atoms with van der Waals surface area (Å²) < 4.78 is 42.5. The van der Waals surface area contributed by atoms with Crippen LogP contribution in [0.1, 0.15) is 46.0 Å². The second-order valence-corrected chi connectivity index (χ2v) is 5.35. The minimum atomic E-state index is -4.18. The van der Waals surface area contributed by atoms with Gasteiger partial charge in [-0.1, -0.05) is 6.92 Å². The molecule has 1 aliphatic carbocycles. The molecule has 22 heavy (non-hydrogen) atoms. The molecule has 126 valence electrons. The summed E-state index contributed by atoms with van der Waals surface area (Å²) in [5.74, 6) is -2.61. The van der Waals surface area contributed by atoms with Crippen molar-refractivity contribution in [2.75, 3.05) is 6.61 Å². The first-order chi connectivity index (χ1) is 10.3. The van der Waals surface area contributed by atoms with E-state index in [0.29, 0.717) is 12.1 Å². The molecule has 0 saturated heterocycles. The third-order valence-electron chi connectivity index (χ3n) is 3.80. The molecule has 0 aliphatic heterocycles. The van der Waals surface area contributed by atoms with E-state index >= 15 is 0 Å². The molecule has 0 aromatic rings. The van der Waals surface area contributed by atoms with Crippen LogP contribution in [0.5, 0.6) is 0 Å². The maximum absolute atomic E-state index is 12.6.